The van der Waals surface area contributed by atoms with Gasteiger partial charge in [-0.15, -0.1) is 0 Å². The fourth-order valence-electron chi connectivity index (χ4n) is 3.89. The highest BCUT2D eigenvalue weighted by Crippen LogP contribution is 2.35. The van der Waals surface area contributed by atoms with E-state index in [2.05, 4.69) is 101 Å². The van der Waals surface area contributed by atoms with Gasteiger partial charge in [-0.2, -0.15) is 0 Å². The summed E-state index contributed by atoms with van der Waals surface area (Å²) < 4.78 is 4.45. The van der Waals surface area contributed by atoms with Crippen molar-refractivity contribution in [3.05, 3.63) is 70.5 Å². The molecule has 2 nitrogen and oxygen atoms in total. The van der Waals surface area contributed by atoms with Gasteiger partial charge in [-0.25, -0.2) is 9.13 Å². The lowest BCUT2D eigenvalue weighted by Crippen LogP contribution is -2.32. The molecule has 0 aliphatic heterocycles. The van der Waals surface area contributed by atoms with Gasteiger partial charge in [0, 0.05) is 23.8 Å². The Hall–Kier alpha value is -2.48. The third-order valence-electron chi connectivity index (χ3n) is 5.28. The van der Waals surface area contributed by atoms with E-state index in [4.69, 9.17) is 0 Å². The summed E-state index contributed by atoms with van der Waals surface area (Å²) in [6.07, 6.45) is 4.34. The first-order chi connectivity index (χ1) is 11.8. The second-order valence-corrected chi connectivity index (χ2v) is 7.22. The summed E-state index contributed by atoms with van der Waals surface area (Å²) in [4.78, 5) is 0. The molecule has 0 saturated heterocycles. The fourth-order valence-corrected chi connectivity index (χ4v) is 3.89. The first-order valence-corrected chi connectivity index (χ1v) is 8.84. The summed E-state index contributed by atoms with van der Waals surface area (Å²) in [5.74, 6) is 0. The van der Waals surface area contributed by atoms with Crippen molar-refractivity contribution >= 4 is 0 Å². The Bertz CT molecular complexity index is 968. The standard InChI is InChI=1S/C23H28N2/c1-15-13-21(25(7)14-18(15)4)23-17(3)12-16(2)22(19(23)5)20-10-8-9-11-24(20)6/h8-14H,1-7H3/q+2. The van der Waals surface area contributed by atoms with Crippen molar-refractivity contribution in [1.29, 1.82) is 0 Å². The van der Waals surface area contributed by atoms with Crippen LogP contribution in [0.3, 0.4) is 0 Å². The minimum atomic E-state index is 1.25. The monoisotopic (exact) mass is 332 g/mol. The number of pyridine rings is 2. The molecule has 0 aliphatic carbocycles. The van der Waals surface area contributed by atoms with Gasteiger partial charge in [0.15, 0.2) is 12.4 Å². The van der Waals surface area contributed by atoms with Crippen LogP contribution in [0.5, 0.6) is 0 Å². The molecule has 0 aliphatic rings. The topological polar surface area (TPSA) is 7.76 Å². The Labute approximate surface area is 151 Å². The van der Waals surface area contributed by atoms with E-state index in [-0.39, 0.29) is 0 Å². The van der Waals surface area contributed by atoms with Crippen LogP contribution in [0.4, 0.5) is 0 Å². The minimum absolute atomic E-state index is 1.25. The quantitative estimate of drug-likeness (QED) is 0.621. The molecule has 0 unspecified atom stereocenters. The van der Waals surface area contributed by atoms with Crippen molar-refractivity contribution in [3.63, 3.8) is 0 Å². The molecule has 3 aromatic rings. The molecule has 0 radical (unpaired) electrons. The summed E-state index contributed by atoms with van der Waals surface area (Å²) in [6, 6.07) is 11.0. The predicted octanol–water partition coefficient (Wildman–Crippen LogP) is 4.21. The van der Waals surface area contributed by atoms with Gasteiger partial charge in [-0.05, 0) is 62.9 Å². The second-order valence-electron chi connectivity index (χ2n) is 7.22. The zero-order valence-electron chi connectivity index (χ0n) is 16.4. The van der Waals surface area contributed by atoms with Gasteiger partial charge < -0.3 is 0 Å². The number of hydrogen-bond acceptors (Lipinski definition) is 0. The third-order valence-corrected chi connectivity index (χ3v) is 5.28. The average molecular weight is 332 g/mol. The summed E-state index contributed by atoms with van der Waals surface area (Å²) in [5.41, 5.74) is 11.9. The Kier molecular flexibility index (Phi) is 4.47. The van der Waals surface area contributed by atoms with Gasteiger partial charge in [-0.3, -0.25) is 0 Å². The molecule has 0 spiro atoms. The van der Waals surface area contributed by atoms with Gasteiger partial charge in [0.05, 0.1) is 11.1 Å². The molecule has 3 rings (SSSR count). The van der Waals surface area contributed by atoms with Crippen LogP contribution in [-0.2, 0) is 14.1 Å². The second kappa shape index (κ2) is 6.44. The Balaban J connectivity index is 2.36. The number of rotatable bonds is 2. The number of hydrogen-bond donors (Lipinski definition) is 0. The van der Waals surface area contributed by atoms with Gasteiger partial charge in [0.25, 0.3) is 0 Å². The smallest absolute Gasteiger partial charge is 0.201 e. The zero-order valence-corrected chi connectivity index (χ0v) is 16.4. The number of aromatic nitrogens is 2. The maximum atomic E-state index is 2.32. The molecule has 0 N–H and O–H groups in total. The Morgan fingerprint density at radius 2 is 1.28 bits per heavy atom. The SMILES string of the molecule is Cc1cc(-c2c(C)cc(C)c(-c3cccc[n+]3C)c2C)[n+](C)cc1C. The first kappa shape index (κ1) is 17.3. The van der Waals surface area contributed by atoms with Crippen LogP contribution >= 0.6 is 0 Å². The van der Waals surface area contributed by atoms with Crippen LogP contribution in [0.25, 0.3) is 22.5 Å². The zero-order chi connectivity index (χ0) is 18.3. The molecule has 2 heterocycles. The van der Waals surface area contributed by atoms with Crippen molar-refractivity contribution in [3.8, 4) is 22.5 Å². The summed E-state index contributed by atoms with van der Waals surface area (Å²) >= 11 is 0. The largest absolute Gasteiger partial charge is 0.213 e. The summed E-state index contributed by atoms with van der Waals surface area (Å²) in [7, 11) is 4.26. The molecule has 0 saturated carbocycles. The van der Waals surface area contributed by atoms with Crippen LogP contribution in [0, 0.1) is 34.6 Å². The van der Waals surface area contributed by atoms with Crippen LogP contribution in [-0.4, -0.2) is 0 Å². The maximum Gasteiger partial charge on any atom is 0.213 e. The van der Waals surface area contributed by atoms with Gasteiger partial charge in [0.1, 0.15) is 14.1 Å². The van der Waals surface area contributed by atoms with Crippen LogP contribution in [0.15, 0.2) is 42.7 Å². The van der Waals surface area contributed by atoms with E-state index in [0.29, 0.717) is 0 Å². The van der Waals surface area contributed by atoms with E-state index in [0.717, 1.165) is 0 Å². The molecule has 2 aromatic heterocycles. The van der Waals surface area contributed by atoms with Crippen molar-refractivity contribution < 1.29 is 9.13 Å². The summed E-state index contributed by atoms with van der Waals surface area (Å²) in [6.45, 7) is 11.1. The van der Waals surface area contributed by atoms with Crippen molar-refractivity contribution in [1.82, 2.24) is 0 Å². The number of aryl methyl sites for hydroxylation is 6. The number of nitrogens with zero attached hydrogens (tertiary/aromatic N) is 2. The Morgan fingerprint density at radius 3 is 1.92 bits per heavy atom. The maximum absolute atomic E-state index is 2.32. The van der Waals surface area contributed by atoms with Crippen LogP contribution < -0.4 is 9.13 Å². The molecular weight excluding hydrogens is 304 g/mol. The van der Waals surface area contributed by atoms with E-state index >= 15 is 0 Å². The van der Waals surface area contributed by atoms with E-state index in [9.17, 15) is 0 Å². The van der Waals surface area contributed by atoms with E-state index in [1.807, 2.05) is 0 Å². The predicted molar refractivity (Wildman–Crippen MR) is 103 cm³/mol. The van der Waals surface area contributed by atoms with Crippen LogP contribution in [0.2, 0.25) is 0 Å². The van der Waals surface area contributed by atoms with E-state index < -0.39 is 0 Å². The normalized spacial score (nSPS) is 11.0. The molecule has 128 valence electrons. The van der Waals surface area contributed by atoms with Crippen LogP contribution in [0.1, 0.15) is 27.8 Å². The molecule has 0 atom stereocenters. The fraction of sp³-hybridized carbons (Fsp3) is 0.304. The molecule has 1 aromatic carbocycles. The van der Waals surface area contributed by atoms with Gasteiger partial charge >= 0.3 is 0 Å². The number of benzene rings is 1. The summed E-state index contributed by atoms with van der Waals surface area (Å²) in [5, 5.41) is 0. The molecular formula is C23H28N2+2. The molecule has 2 heteroatoms. The van der Waals surface area contributed by atoms with E-state index in [1.165, 1.54) is 50.3 Å². The Morgan fingerprint density at radius 1 is 0.640 bits per heavy atom. The van der Waals surface area contributed by atoms with Crippen molar-refractivity contribution in [2.24, 2.45) is 14.1 Å². The highest BCUT2D eigenvalue weighted by molar-refractivity contribution is 5.78. The van der Waals surface area contributed by atoms with E-state index in [1.54, 1.807) is 0 Å². The lowest BCUT2D eigenvalue weighted by atomic mass is 9.89. The van der Waals surface area contributed by atoms with Crippen molar-refractivity contribution in [2.45, 2.75) is 34.6 Å². The minimum Gasteiger partial charge on any atom is -0.201 e. The van der Waals surface area contributed by atoms with Gasteiger partial charge in [0.2, 0.25) is 11.4 Å². The first-order valence-electron chi connectivity index (χ1n) is 8.84. The highest BCUT2D eigenvalue weighted by Gasteiger charge is 2.23. The average Bonchev–Trinajstić information content (AvgIpc) is 2.53. The molecule has 0 amide bonds. The molecule has 25 heavy (non-hydrogen) atoms. The lowest BCUT2D eigenvalue weighted by molar-refractivity contribution is -0.660. The molecule has 0 bridgehead atoms. The highest BCUT2D eigenvalue weighted by atomic mass is 14.9. The third kappa shape index (κ3) is 2.97. The molecule has 0 fully saturated rings. The lowest BCUT2D eigenvalue weighted by Gasteiger charge is -2.16. The van der Waals surface area contributed by atoms with Gasteiger partial charge in [-0.1, -0.05) is 6.07 Å². The van der Waals surface area contributed by atoms with Crippen molar-refractivity contribution in [2.75, 3.05) is 0 Å².